The molecule has 1 aliphatic rings. The summed E-state index contributed by atoms with van der Waals surface area (Å²) in [6.07, 6.45) is 5.32. The van der Waals surface area contributed by atoms with Crippen LogP contribution in [0.1, 0.15) is 37.7 Å². The molecule has 1 aromatic carbocycles. The van der Waals surface area contributed by atoms with E-state index in [1.165, 1.54) is 37.1 Å². The molecule has 0 bridgehead atoms. The van der Waals surface area contributed by atoms with Gasteiger partial charge in [0.2, 0.25) is 5.91 Å². The molecule has 0 aliphatic heterocycles. The van der Waals surface area contributed by atoms with Crippen LogP contribution in [0.25, 0.3) is 0 Å². The molecule has 1 fully saturated rings. The van der Waals surface area contributed by atoms with Gasteiger partial charge in [0, 0.05) is 12.5 Å². The Bertz CT molecular complexity index is 563. The van der Waals surface area contributed by atoms with Gasteiger partial charge >= 0.3 is 10.2 Å². The van der Waals surface area contributed by atoms with Crippen molar-refractivity contribution in [3.63, 3.8) is 0 Å². The quantitative estimate of drug-likeness (QED) is 0.849. The van der Waals surface area contributed by atoms with Gasteiger partial charge in [0.25, 0.3) is 0 Å². The van der Waals surface area contributed by atoms with Gasteiger partial charge in [-0.2, -0.15) is 8.42 Å². The predicted molar refractivity (Wildman–Crippen MR) is 73.5 cm³/mol. The summed E-state index contributed by atoms with van der Waals surface area (Å²) in [5, 5.41) is 2.99. The second-order valence-electron chi connectivity index (χ2n) is 5.13. The summed E-state index contributed by atoms with van der Waals surface area (Å²) < 4.78 is 34.0. The summed E-state index contributed by atoms with van der Waals surface area (Å²) in [6, 6.07) is 5.82. The molecule has 20 heavy (non-hydrogen) atoms. The van der Waals surface area contributed by atoms with E-state index in [1.54, 1.807) is 0 Å². The number of benzene rings is 1. The average molecular weight is 299 g/mol. The molecule has 0 aromatic heterocycles. The zero-order chi connectivity index (χ0) is 14.6. The Morgan fingerprint density at radius 1 is 1.20 bits per heavy atom. The zero-order valence-electron chi connectivity index (χ0n) is 11.1. The molecule has 1 N–H and O–H groups in total. The zero-order valence-corrected chi connectivity index (χ0v) is 12.0. The van der Waals surface area contributed by atoms with Crippen LogP contribution in [0, 0.1) is 0 Å². The standard InChI is InChI=1S/C14H18FNO3S/c15-20(18,19)13-8-5-11(6-9-13)7-10-14(17)16-12-3-1-2-4-12/h5-6,8-9,12H,1-4,7,10H2,(H,16,17). The van der Waals surface area contributed by atoms with Crippen LogP contribution in [0.5, 0.6) is 0 Å². The van der Waals surface area contributed by atoms with Gasteiger partial charge < -0.3 is 5.32 Å². The van der Waals surface area contributed by atoms with Crippen molar-refractivity contribution >= 4 is 16.1 Å². The van der Waals surface area contributed by atoms with Gasteiger partial charge in [-0.3, -0.25) is 4.79 Å². The molecule has 0 unspecified atom stereocenters. The highest BCUT2D eigenvalue weighted by Gasteiger charge is 2.17. The van der Waals surface area contributed by atoms with Crippen molar-refractivity contribution in [1.29, 1.82) is 0 Å². The second-order valence-corrected chi connectivity index (χ2v) is 6.48. The number of rotatable bonds is 5. The maximum absolute atomic E-state index is 12.7. The summed E-state index contributed by atoms with van der Waals surface area (Å²) in [5.74, 6) is 0.0130. The Kier molecular flexibility index (Phi) is 4.75. The van der Waals surface area contributed by atoms with E-state index < -0.39 is 10.2 Å². The average Bonchev–Trinajstić information content (AvgIpc) is 2.88. The van der Waals surface area contributed by atoms with E-state index >= 15 is 0 Å². The molecule has 6 heteroatoms. The SMILES string of the molecule is O=C(CCc1ccc(S(=O)(=O)F)cc1)NC1CCCC1. The number of nitrogens with one attached hydrogen (secondary N) is 1. The first-order chi connectivity index (χ1) is 9.45. The number of hydrogen-bond acceptors (Lipinski definition) is 3. The van der Waals surface area contributed by atoms with Gasteiger partial charge in [0.15, 0.2) is 0 Å². The summed E-state index contributed by atoms with van der Waals surface area (Å²) >= 11 is 0. The number of amides is 1. The lowest BCUT2D eigenvalue weighted by Crippen LogP contribution is -2.32. The Morgan fingerprint density at radius 2 is 1.80 bits per heavy atom. The maximum Gasteiger partial charge on any atom is 0.332 e. The highest BCUT2D eigenvalue weighted by Crippen LogP contribution is 2.18. The molecule has 0 spiro atoms. The highest BCUT2D eigenvalue weighted by molar-refractivity contribution is 7.86. The predicted octanol–water partition coefficient (Wildman–Crippen LogP) is 2.34. The van der Waals surface area contributed by atoms with Gasteiger partial charge in [0.1, 0.15) is 0 Å². The van der Waals surface area contributed by atoms with Crippen LogP contribution in [-0.2, 0) is 21.4 Å². The molecular formula is C14H18FNO3S. The van der Waals surface area contributed by atoms with Crippen LogP contribution >= 0.6 is 0 Å². The number of carbonyl (C=O) groups excluding carboxylic acids is 1. The van der Waals surface area contributed by atoms with Crippen LogP contribution in [-0.4, -0.2) is 20.4 Å². The first kappa shape index (κ1) is 15.0. The topological polar surface area (TPSA) is 63.2 Å². The first-order valence-corrected chi connectivity index (χ1v) is 8.16. The van der Waals surface area contributed by atoms with E-state index in [-0.39, 0.29) is 10.8 Å². The molecule has 0 heterocycles. The fraction of sp³-hybridized carbons (Fsp3) is 0.500. The minimum Gasteiger partial charge on any atom is -0.353 e. The lowest BCUT2D eigenvalue weighted by molar-refractivity contribution is -0.121. The number of halogens is 1. The van der Waals surface area contributed by atoms with Crippen molar-refractivity contribution in [1.82, 2.24) is 5.32 Å². The summed E-state index contributed by atoms with van der Waals surface area (Å²) in [7, 11) is -4.65. The molecule has 1 amide bonds. The van der Waals surface area contributed by atoms with E-state index in [1.807, 2.05) is 0 Å². The number of carbonyl (C=O) groups is 1. The molecular weight excluding hydrogens is 281 g/mol. The monoisotopic (exact) mass is 299 g/mol. The fourth-order valence-electron chi connectivity index (χ4n) is 2.45. The van der Waals surface area contributed by atoms with Crippen molar-refractivity contribution in [2.75, 3.05) is 0 Å². The minimum atomic E-state index is -4.65. The van der Waals surface area contributed by atoms with Gasteiger partial charge in [0.05, 0.1) is 4.90 Å². The minimum absolute atomic E-state index is 0.0130. The molecule has 0 saturated heterocycles. The largest absolute Gasteiger partial charge is 0.353 e. The van der Waals surface area contributed by atoms with Crippen LogP contribution in [0.15, 0.2) is 29.2 Å². The van der Waals surface area contributed by atoms with Crippen LogP contribution in [0.2, 0.25) is 0 Å². The molecule has 4 nitrogen and oxygen atoms in total. The third-order valence-electron chi connectivity index (χ3n) is 3.57. The fourth-order valence-corrected chi connectivity index (χ4v) is 2.91. The van der Waals surface area contributed by atoms with Gasteiger partial charge in [-0.05, 0) is 37.0 Å². The van der Waals surface area contributed by atoms with E-state index in [9.17, 15) is 17.1 Å². The third-order valence-corrected chi connectivity index (χ3v) is 4.40. The van der Waals surface area contributed by atoms with Crippen molar-refractivity contribution in [3.8, 4) is 0 Å². The lowest BCUT2D eigenvalue weighted by atomic mass is 10.1. The molecule has 110 valence electrons. The van der Waals surface area contributed by atoms with E-state index in [2.05, 4.69) is 5.32 Å². The van der Waals surface area contributed by atoms with Crippen LogP contribution in [0.4, 0.5) is 3.89 Å². The smallest absolute Gasteiger partial charge is 0.332 e. The third kappa shape index (κ3) is 4.30. The van der Waals surface area contributed by atoms with Crippen molar-refractivity contribution in [2.45, 2.75) is 49.5 Å². The van der Waals surface area contributed by atoms with E-state index in [4.69, 9.17) is 0 Å². The van der Waals surface area contributed by atoms with Crippen LogP contribution < -0.4 is 5.32 Å². The van der Waals surface area contributed by atoms with Gasteiger partial charge in [-0.25, -0.2) is 0 Å². The summed E-state index contributed by atoms with van der Waals surface area (Å²) in [5.41, 5.74) is 0.818. The molecule has 0 atom stereocenters. The Morgan fingerprint density at radius 3 is 2.35 bits per heavy atom. The molecule has 0 radical (unpaired) electrons. The summed E-state index contributed by atoms with van der Waals surface area (Å²) in [4.78, 5) is 11.4. The number of aryl methyl sites for hydroxylation is 1. The van der Waals surface area contributed by atoms with Crippen molar-refractivity contribution in [2.24, 2.45) is 0 Å². The normalized spacial score (nSPS) is 16.2. The van der Waals surface area contributed by atoms with Crippen molar-refractivity contribution < 1.29 is 17.1 Å². The molecule has 2 rings (SSSR count). The van der Waals surface area contributed by atoms with Gasteiger partial charge in [-0.15, -0.1) is 3.89 Å². The molecule has 1 aromatic rings. The van der Waals surface area contributed by atoms with E-state index in [0.717, 1.165) is 18.4 Å². The molecule has 1 aliphatic carbocycles. The summed E-state index contributed by atoms with van der Waals surface area (Å²) in [6.45, 7) is 0. The second kappa shape index (κ2) is 6.35. The maximum atomic E-state index is 12.7. The van der Waals surface area contributed by atoms with E-state index in [0.29, 0.717) is 18.9 Å². The molecule has 1 saturated carbocycles. The number of hydrogen-bond donors (Lipinski definition) is 1. The lowest BCUT2D eigenvalue weighted by Gasteiger charge is -2.11. The van der Waals surface area contributed by atoms with Crippen molar-refractivity contribution in [3.05, 3.63) is 29.8 Å². The van der Waals surface area contributed by atoms with Gasteiger partial charge in [-0.1, -0.05) is 25.0 Å². The highest BCUT2D eigenvalue weighted by atomic mass is 32.3. The van der Waals surface area contributed by atoms with Crippen LogP contribution in [0.3, 0.4) is 0 Å². The Balaban J connectivity index is 1.83. The first-order valence-electron chi connectivity index (χ1n) is 6.78. The Hall–Kier alpha value is -1.43. The Labute approximate surface area is 118 Å².